The molecule has 1 fully saturated rings. The zero-order valence-corrected chi connectivity index (χ0v) is 10.5. The molecule has 1 aliphatic rings. The molecule has 1 aromatic rings. The molecule has 1 heterocycles. The SMILES string of the molecule is C=C(C)C1(C)OOC(c2ccccc2)OC1C. The summed E-state index contributed by atoms with van der Waals surface area (Å²) < 4.78 is 5.84. The molecule has 0 bridgehead atoms. The lowest BCUT2D eigenvalue weighted by atomic mass is 9.92. The van der Waals surface area contributed by atoms with Crippen LogP contribution < -0.4 is 0 Å². The monoisotopic (exact) mass is 234 g/mol. The average Bonchev–Trinajstić information content (AvgIpc) is 2.33. The lowest BCUT2D eigenvalue weighted by Gasteiger charge is -2.41. The third-order valence-electron chi connectivity index (χ3n) is 3.33. The van der Waals surface area contributed by atoms with Crippen LogP contribution in [0.4, 0.5) is 0 Å². The number of hydrogen-bond donors (Lipinski definition) is 0. The largest absolute Gasteiger partial charge is 0.340 e. The summed E-state index contributed by atoms with van der Waals surface area (Å²) >= 11 is 0. The van der Waals surface area contributed by atoms with Gasteiger partial charge in [-0.25, -0.2) is 4.89 Å². The van der Waals surface area contributed by atoms with Crippen molar-refractivity contribution in [1.82, 2.24) is 0 Å². The molecule has 1 saturated heterocycles. The van der Waals surface area contributed by atoms with E-state index in [1.165, 1.54) is 0 Å². The molecular formula is C14H18O3. The normalized spacial score (nSPS) is 33.4. The standard InChI is InChI=1S/C14H18O3/c1-10(2)14(4)11(3)15-13(16-17-14)12-8-6-5-7-9-12/h5-9,11,13H,1H2,2-4H3. The van der Waals surface area contributed by atoms with Crippen molar-refractivity contribution in [3.63, 3.8) is 0 Å². The van der Waals surface area contributed by atoms with Crippen LogP contribution in [0.15, 0.2) is 42.5 Å². The molecule has 0 radical (unpaired) electrons. The first-order chi connectivity index (χ1) is 8.04. The third kappa shape index (κ3) is 2.27. The molecule has 92 valence electrons. The van der Waals surface area contributed by atoms with Gasteiger partial charge in [0.1, 0.15) is 5.60 Å². The maximum atomic E-state index is 5.84. The average molecular weight is 234 g/mol. The second kappa shape index (κ2) is 4.61. The molecule has 0 aliphatic carbocycles. The Morgan fingerprint density at radius 2 is 1.94 bits per heavy atom. The molecule has 0 saturated carbocycles. The van der Waals surface area contributed by atoms with Crippen LogP contribution in [0.1, 0.15) is 32.6 Å². The third-order valence-corrected chi connectivity index (χ3v) is 3.33. The summed E-state index contributed by atoms with van der Waals surface area (Å²) in [4.78, 5) is 10.8. The van der Waals surface area contributed by atoms with E-state index in [2.05, 4.69) is 6.58 Å². The summed E-state index contributed by atoms with van der Waals surface area (Å²) in [6, 6.07) is 9.74. The highest BCUT2D eigenvalue weighted by molar-refractivity contribution is 5.17. The molecule has 3 nitrogen and oxygen atoms in total. The van der Waals surface area contributed by atoms with Gasteiger partial charge < -0.3 is 4.74 Å². The number of rotatable bonds is 2. The van der Waals surface area contributed by atoms with Crippen LogP contribution in [0.5, 0.6) is 0 Å². The fraction of sp³-hybridized carbons (Fsp3) is 0.429. The Bertz CT molecular complexity index is 401. The van der Waals surface area contributed by atoms with Gasteiger partial charge in [-0.05, 0) is 26.3 Å². The van der Waals surface area contributed by atoms with Gasteiger partial charge in [-0.3, -0.25) is 0 Å². The first-order valence-electron chi connectivity index (χ1n) is 5.75. The van der Waals surface area contributed by atoms with E-state index < -0.39 is 11.9 Å². The van der Waals surface area contributed by atoms with Crippen LogP contribution in [0.3, 0.4) is 0 Å². The molecular weight excluding hydrogens is 216 g/mol. The predicted molar refractivity (Wildman–Crippen MR) is 65.1 cm³/mol. The minimum Gasteiger partial charge on any atom is -0.340 e. The molecule has 0 aromatic heterocycles. The molecule has 17 heavy (non-hydrogen) atoms. The Morgan fingerprint density at radius 1 is 1.29 bits per heavy atom. The van der Waals surface area contributed by atoms with Gasteiger partial charge in [0, 0.05) is 5.56 Å². The topological polar surface area (TPSA) is 27.7 Å². The fourth-order valence-corrected chi connectivity index (χ4v) is 1.71. The number of hydrogen-bond acceptors (Lipinski definition) is 3. The fourth-order valence-electron chi connectivity index (χ4n) is 1.71. The smallest absolute Gasteiger partial charge is 0.217 e. The summed E-state index contributed by atoms with van der Waals surface area (Å²) in [5.41, 5.74) is 1.24. The maximum absolute atomic E-state index is 5.84. The van der Waals surface area contributed by atoms with Crippen LogP contribution in [-0.4, -0.2) is 11.7 Å². The Labute approximate surface area is 102 Å². The van der Waals surface area contributed by atoms with Crippen LogP contribution >= 0.6 is 0 Å². The highest BCUT2D eigenvalue weighted by atomic mass is 17.2. The Kier molecular flexibility index (Phi) is 3.33. The van der Waals surface area contributed by atoms with Gasteiger partial charge >= 0.3 is 0 Å². The molecule has 3 heteroatoms. The van der Waals surface area contributed by atoms with Gasteiger partial charge in [-0.2, -0.15) is 4.89 Å². The minimum absolute atomic E-state index is 0.112. The molecule has 1 aliphatic heterocycles. The van der Waals surface area contributed by atoms with E-state index in [4.69, 9.17) is 14.5 Å². The minimum atomic E-state index is -0.592. The zero-order chi connectivity index (χ0) is 12.5. The summed E-state index contributed by atoms with van der Waals surface area (Å²) in [6.07, 6.45) is -0.586. The van der Waals surface area contributed by atoms with Gasteiger partial charge in [0.25, 0.3) is 0 Å². The molecule has 2 rings (SSSR count). The quantitative estimate of drug-likeness (QED) is 0.580. The van der Waals surface area contributed by atoms with E-state index in [0.717, 1.165) is 11.1 Å². The van der Waals surface area contributed by atoms with Gasteiger partial charge in [-0.15, -0.1) is 0 Å². The summed E-state index contributed by atoms with van der Waals surface area (Å²) in [7, 11) is 0. The van der Waals surface area contributed by atoms with Crippen LogP contribution in [-0.2, 0) is 14.5 Å². The summed E-state index contributed by atoms with van der Waals surface area (Å²) in [5.74, 6) is 0. The highest BCUT2D eigenvalue weighted by Crippen LogP contribution is 2.37. The van der Waals surface area contributed by atoms with Crippen molar-refractivity contribution in [1.29, 1.82) is 0 Å². The first-order valence-corrected chi connectivity index (χ1v) is 5.75. The van der Waals surface area contributed by atoms with Crippen molar-refractivity contribution in [2.45, 2.75) is 38.8 Å². The van der Waals surface area contributed by atoms with Crippen LogP contribution in [0, 0.1) is 0 Å². The van der Waals surface area contributed by atoms with Crippen molar-refractivity contribution in [3.05, 3.63) is 48.0 Å². The summed E-state index contributed by atoms with van der Waals surface area (Å²) in [5, 5.41) is 0. The van der Waals surface area contributed by atoms with E-state index in [1.54, 1.807) is 0 Å². The van der Waals surface area contributed by atoms with E-state index in [1.807, 2.05) is 51.1 Å². The molecule has 0 N–H and O–H groups in total. The van der Waals surface area contributed by atoms with Gasteiger partial charge in [0.05, 0.1) is 6.10 Å². The second-order valence-corrected chi connectivity index (χ2v) is 4.59. The zero-order valence-electron chi connectivity index (χ0n) is 10.5. The van der Waals surface area contributed by atoms with Crippen molar-refractivity contribution in [3.8, 4) is 0 Å². The first kappa shape index (κ1) is 12.3. The van der Waals surface area contributed by atoms with Crippen molar-refractivity contribution in [2.24, 2.45) is 0 Å². The number of benzene rings is 1. The summed E-state index contributed by atoms with van der Waals surface area (Å²) in [6.45, 7) is 9.71. The Morgan fingerprint density at radius 3 is 2.47 bits per heavy atom. The van der Waals surface area contributed by atoms with Gasteiger partial charge in [0.15, 0.2) is 0 Å². The van der Waals surface area contributed by atoms with E-state index >= 15 is 0 Å². The van der Waals surface area contributed by atoms with E-state index in [-0.39, 0.29) is 6.10 Å². The molecule has 0 amide bonds. The molecule has 3 atom stereocenters. The van der Waals surface area contributed by atoms with Crippen molar-refractivity contribution >= 4 is 0 Å². The lowest BCUT2D eigenvalue weighted by molar-refractivity contribution is -0.480. The molecule has 1 aromatic carbocycles. The van der Waals surface area contributed by atoms with E-state index in [9.17, 15) is 0 Å². The van der Waals surface area contributed by atoms with Crippen molar-refractivity contribution < 1.29 is 14.5 Å². The van der Waals surface area contributed by atoms with Gasteiger partial charge in [-0.1, -0.05) is 36.9 Å². The maximum Gasteiger partial charge on any atom is 0.217 e. The lowest BCUT2D eigenvalue weighted by Crippen LogP contribution is -2.48. The second-order valence-electron chi connectivity index (χ2n) is 4.59. The molecule has 3 unspecified atom stereocenters. The number of ether oxygens (including phenoxy) is 1. The van der Waals surface area contributed by atoms with Gasteiger partial charge in [0.2, 0.25) is 6.29 Å². The Hall–Kier alpha value is -1.16. The van der Waals surface area contributed by atoms with Crippen molar-refractivity contribution in [2.75, 3.05) is 0 Å². The van der Waals surface area contributed by atoms with Crippen LogP contribution in [0.2, 0.25) is 0 Å². The molecule has 0 spiro atoms. The Balaban J connectivity index is 2.13. The van der Waals surface area contributed by atoms with Crippen LogP contribution in [0.25, 0.3) is 0 Å². The highest BCUT2D eigenvalue weighted by Gasteiger charge is 2.42. The predicted octanol–water partition coefficient (Wildman–Crippen LogP) is 3.39. The van der Waals surface area contributed by atoms with E-state index in [0.29, 0.717) is 0 Å².